The second-order valence-corrected chi connectivity index (χ2v) is 3.58. The first-order valence-corrected chi connectivity index (χ1v) is 5.61. The van der Waals surface area contributed by atoms with Crippen LogP contribution in [0.25, 0.3) is 10.4 Å². The third-order valence-electron chi connectivity index (χ3n) is 2.32. The number of hydrogen-bond acceptors (Lipinski definition) is 5. The van der Waals surface area contributed by atoms with Crippen molar-refractivity contribution in [1.29, 1.82) is 0 Å². The Kier molecular flexibility index (Phi) is 3.88. The summed E-state index contributed by atoms with van der Waals surface area (Å²) in [7, 11) is 0. The zero-order valence-corrected chi connectivity index (χ0v) is 10.4. The number of rotatable bonds is 3. The number of carbonyl (C=O) groups excluding carboxylic acids is 2. The second kappa shape index (κ2) is 5.77. The number of ether oxygens (including phenoxy) is 3. The van der Waals surface area contributed by atoms with Gasteiger partial charge in [-0.3, -0.25) is 4.79 Å². The molecular weight excluding hydrogens is 266 g/mol. The van der Waals surface area contributed by atoms with E-state index in [-0.39, 0.29) is 29.4 Å². The molecule has 1 aromatic rings. The fourth-order valence-corrected chi connectivity index (χ4v) is 1.47. The van der Waals surface area contributed by atoms with E-state index in [9.17, 15) is 9.59 Å². The molecule has 1 aromatic carbocycles. The third kappa shape index (κ3) is 2.70. The van der Waals surface area contributed by atoms with Gasteiger partial charge in [-0.15, -0.1) is 0 Å². The van der Waals surface area contributed by atoms with Crippen LogP contribution in [0.1, 0.15) is 17.3 Å². The highest BCUT2D eigenvalue weighted by atomic mass is 16.6. The molecule has 0 spiro atoms. The van der Waals surface area contributed by atoms with Gasteiger partial charge in [-0.25, -0.2) is 4.79 Å². The van der Waals surface area contributed by atoms with Crippen LogP contribution >= 0.6 is 0 Å². The van der Waals surface area contributed by atoms with Crippen molar-refractivity contribution in [2.45, 2.75) is 6.92 Å². The lowest BCUT2D eigenvalue weighted by Crippen LogP contribution is -2.16. The second-order valence-electron chi connectivity index (χ2n) is 3.58. The molecule has 0 bridgehead atoms. The predicted octanol–water partition coefficient (Wildman–Crippen LogP) is 2.31. The number of esters is 1. The summed E-state index contributed by atoms with van der Waals surface area (Å²) >= 11 is 0. The van der Waals surface area contributed by atoms with E-state index in [1.165, 1.54) is 18.2 Å². The lowest BCUT2D eigenvalue weighted by Gasteiger charge is -2.17. The van der Waals surface area contributed by atoms with Gasteiger partial charge in [-0.1, -0.05) is 0 Å². The first-order valence-electron chi connectivity index (χ1n) is 5.61. The maximum Gasteiger partial charge on any atom is 0.377 e. The summed E-state index contributed by atoms with van der Waals surface area (Å²) in [6.07, 6.45) is 1.09. The first kappa shape index (κ1) is 13.4. The quantitative estimate of drug-likeness (QED) is 0.363. The lowest BCUT2D eigenvalue weighted by molar-refractivity contribution is -0.141. The molecule has 2 rings (SSSR count). The highest BCUT2D eigenvalue weighted by molar-refractivity contribution is 5.95. The molecule has 0 aliphatic carbocycles. The molecule has 8 heteroatoms. The van der Waals surface area contributed by atoms with Crippen LogP contribution in [-0.4, -0.2) is 18.5 Å². The SMILES string of the molecule is CCOC(=O)C1=COc2cc(C(=O)N=[N+]=[N-])ccc2O1. The Bertz CT molecular complexity index is 646. The predicted molar refractivity (Wildman–Crippen MR) is 65.9 cm³/mol. The highest BCUT2D eigenvalue weighted by Crippen LogP contribution is 2.33. The molecule has 102 valence electrons. The molecule has 1 aliphatic heterocycles. The Morgan fingerprint density at radius 2 is 2.20 bits per heavy atom. The number of fused-ring (bicyclic) bond motifs is 1. The molecule has 1 aliphatic rings. The molecule has 20 heavy (non-hydrogen) atoms. The van der Waals surface area contributed by atoms with Crippen LogP contribution in [0.3, 0.4) is 0 Å². The van der Waals surface area contributed by atoms with Gasteiger partial charge in [0.25, 0.3) is 0 Å². The van der Waals surface area contributed by atoms with E-state index in [4.69, 9.17) is 19.7 Å². The van der Waals surface area contributed by atoms with Gasteiger partial charge in [0, 0.05) is 10.5 Å². The van der Waals surface area contributed by atoms with Crippen LogP contribution in [-0.2, 0) is 9.53 Å². The van der Waals surface area contributed by atoms with E-state index < -0.39 is 11.9 Å². The summed E-state index contributed by atoms with van der Waals surface area (Å²) in [5.74, 6) is -0.981. The van der Waals surface area contributed by atoms with Crippen molar-refractivity contribution in [3.63, 3.8) is 0 Å². The molecule has 1 heterocycles. The molecular formula is C12H9N3O5. The Balaban J connectivity index is 2.22. The van der Waals surface area contributed by atoms with E-state index in [2.05, 4.69) is 10.0 Å². The van der Waals surface area contributed by atoms with Crippen LogP contribution in [0.4, 0.5) is 0 Å². The number of nitrogens with zero attached hydrogens (tertiary/aromatic N) is 3. The summed E-state index contributed by atoms with van der Waals surface area (Å²) in [5, 5.41) is 2.97. The minimum atomic E-state index is -0.737. The number of hydrogen-bond donors (Lipinski definition) is 0. The molecule has 0 saturated carbocycles. The zero-order valence-electron chi connectivity index (χ0n) is 10.4. The minimum absolute atomic E-state index is 0.0894. The minimum Gasteiger partial charge on any atom is -0.460 e. The summed E-state index contributed by atoms with van der Waals surface area (Å²) < 4.78 is 15.3. The van der Waals surface area contributed by atoms with Gasteiger partial charge in [0.2, 0.25) is 11.7 Å². The van der Waals surface area contributed by atoms with Crippen molar-refractivity contribution in [2.75, 3.05) is 6.61 Å². The Morgan fingerprint density at radius 1 is 1.40 bits per heavy atom. The average molecular weight is 275 g/mol. The van der Waals surface area contributed by atoms with Crippen molar-refractivity contribution in [3.05, 3.63) is 46.2 Å². The monoisotopic (exact) mass is 275 g/mol. The van der Waals surface area contributed by atoms with Crippen molar-refractivity contribution >= 4 is 11.9 Å². The maximum absolute atomic E-state index is 11.5. The van der Waals surface area contributed by atoms with Gasteiger partial charge < -0.3 is 14.2 Å². The molecule has 0 atom stereocenters. The first-order chi connectivity index (χ1) is 9.65. The molecule has 1 amide bonds. The summed E-state index contributed by atoms with van der Waals surface area (Å²) in [6, 6.07) is 4.18. The lowest BCUT2D eigenvalue weighted by atomic mass is 10.2. The van der Waals surface area contributed by atoms with Crippen molar-refractivity contribution in [3.8, 4) is 11.5 Å². The van der Waals surface area contributed by atoms with E-state index >= 15 is 0 Å². The van der Waals surface area contributed by atoms with Crippen LogP contribution in [0.2, 0.25) is 0 Å². The van der Waals surface area contributed by atoms with E-state index in [0.29, 0.717) is 0 Å². The topological polar surface area (TPSA) is 111 Å². The van der Waals surface area contributed by atoms with E-state index in [0.717, 1.165) is 6.26 Å². The van der Waals surface area contributed by atoms with Gasteiger partial charge in [0.1, 0.15) is 6.26 Å². The Labute approximate surface area is 113 Å². The largest absolute Gasteiger partial charge is 0.460 e. The molecule has 0 aromatic heterocycles. The number of azide groups is 1. The molecule has 8 nitrogen and oxygen atoms in total. The fourth-order valence-electron chi connectivity index (χ4n) is 1.47. The van der Waals surface area contributed by atoms with E-state index in [1.54, 1.807) is 6.92 Å². The Hall–Kier alpha value is -2.99. The Morgan fingerprint density at radius 3 is 2.90 bits per heavy atom. The molecule has 0 radical (unpaired) electrons. The van der Waals surface area contributed by atoms with Gasteiger partial charge in [0.15, 0.2) is 11.5 Å². The third-order valence-corrected chi connectivity index (χ3v) is 2.32. The highest BCUT2D eigenvalue weighted by Gasteiger charge is 2.22. The zero-order chi connectivity index (χ0) is 14.5. The summed E-state index contributed by atoms with van der Waals surface area (Å²) in [6.45, 7) is 1.88. The average Bonchev–Trinajstić information content (AvgIpc) is 2.46. The summed E-state index contributed by atoms with van der Waals surface area (Å²) in [5.41, 5.74) is 8.35. The van der Waals surface area contributed by atoms with Crippen molar-refractivity contribution in [1.82, 2.24) is 0 Å². The van der Waals surface area contributed by atoms with E-state index in [1.807, 2.05) is 0 Å². The van der Waals surface area contributed by atoms with Gasteiger partial charge in [0.05, 0.1) is 6.61 Å². The van der Waals surface area contributed by atoms with Gasteiger partial charge >= 0.3 is 5.97 Å². The normalized spacial score (nSPS) is 11.9. The van der Waals surface area contributed by atoms with Crippen LogP contribution in [0, 0.1) is 0 Å². The van der Waals surface area contributed by atoms with Crippen molar-refractivity contribution < 1.29 is 23.8 Å². The smallest absolute Gasteiger partial charge is 0.377 e. The standard InChI is InChI=1S/C12H9N3O5/c1-2-18-12(17)10-6-19-9-5-7(11(16)14-15-13)3-4-8(9)20-10/h3-6H,2H2,1H3. The number of amides is 1. The molecule has 0 saturated heterocycles. The van der Waals surface area contributed by atoms with Crippen LogP contribution in [0.5, 0.6) is 11.5 Å². The van der Waals surface area contributed by atoms with Crippen molar-refractivity contribution in [2.24, 2.45) is 5.11 Å². The van der Waals surface area contributed by atoms with Crippen LogP contribution < -0.4 is 9.47 Å². The van der Waals surface area contributed by atoms with Crippen LogP contribution in [0.15, 0.2) is 35.3 Å². The van der Waals surface area contributed by atoms with Gasteiger partial charge in [-0.05, 0) is 35.8 Å². The molecule has 0 unspecified atom stereocenters. The number of benzene rings is 1. The fraction of sp³-hybridized carbons (Fsp3) is 0.167. The maximum atomic E-state index is 11.5. The van der Waals surface area contributed by atoms with Gasteiger partial charge in [-0.2, -0.15) is 0 Å². The summed E-state index contributed by atoms with van der Waals surface area (Å²) in [4.78, 5) is 25.3. The molecule has 0 fully saturated rings. The number of carbonyl (C=O) groups is 2. The molecule has 0 N–H and O–H groups in total.